The molecule has 19 heavy (non-hydrogen) atoms. The lowest BCUT2D eigenvalue weighted by atomic mass is 10.0. The van der Waals surface area contributed by atoms with Crippen LogP contribution in [-0.2, 0) is 0 Å². The average molecular weight is 265 g/mol. The first kappa shape index (κ1) is 15.4. The van der Waals surface area contributed by atoms with Gasteiger partial charge in [-0.05, 0) is 24.5 Å². The molecule has 0 aliphatic rings. The number of nitrogens with one attached hydrogen (secondary N) is 1. The van der Waals surface area contributed by atoms with Crippen LogP contribution < -0.4 is 5.32 Å². The topological polar surface area (TPSA) is 65.5 Å². The van der Waals surface area contributed by atoms with Gasteiger partial charge in [0.05, 0.1) is 6.61 Å². The van der Waals surface area contributed by atoms with E-state index in [2.05, 4.69) is 24.1 Å². The third-order valence-electron chi connectivity index (χ3n) is 2.73. The molecule has 0 spiro atoms. The fraction of sp³-hybridized carbons (Fsp3) is 0.571. The van der Waals surface area contributed by atoms with Gasteiger partial charge in [-0.2, -0.15) is 0 Å². The zero-order chi connectivity index (χ0) is 14.4. The lowest BCUT2D eigenvalue weighted by Crippen LogP contribution is -2.26. The van der Waals surface area contributed by atoms with Crippen LogP contribution in [0.5, 0.6) is 0 Å². The van der Waals surface area contributed by atoms with E-state index < -0.39 is 0 Å². The van der Waals surface area contributed by atoms with E-state index in [0.29, 0.717) is 11.6 Å². The molecule has 5 heteroatoms. The SMILES string of the molecule is CC(C)CC(CO)Nc1ccnc(C(=O)N(C)C)c1. The van der Waals surface area contributed by atoms with Gasteiger partial charge in [0.1, 0.15) is 5.69 Å². The van der Waals surface area contributed by atoms with Gasteiger partial charge in [-0.25, -0.2) is 0 Å². The molecular formula is C14H23N3O2. The van der Waals surface area contributed by atoms with E-state index in [1.807, 2.05) is 0 Å². The Morgan fingerprint density at radius 2 is 2.16 bits per heavy atom. The van der Waals surface area contributed by atoms with Gasteiger partial charge >= 0.3 is 0 Å². The summed E-state index contributed by atoms with van der Waals surface area (Å²) in [7, 11) is 3.39. The maximum Gasteiger partial charge on any atom is 0.272 e. The van der Waals surface area contributed by atoms with Crippen LogP contribution >= 0.6 is 0 Å². The number of carbonyl (C=O) groups excluding carboxylic acids is 1. The Balaban J connectivity index is 2.78. The Hall–Kier alpha value is -1.62. The number of aliphatic hydroxyl groups is 1. The summed E-state index contributed by atoms with van der Waals surface area (Å²) in [6.07, 6.45) is 2.47. The summed E-state index contributed by atoms with van der Waals surface area (Å²) in [5.41, 5.74) is 1.20. The molecule has 0 aromatic carbocycles. The number of anilines is 1. The van der Waals surface area contributed by atoms with E-state index >= 15 is 0 Å². The molecule has 0 bridgehead atoms. The standard InChI is InChI=1S/C14H23N3O2/c1-10(2)7-12(9-18)16-11-5-6-15-13(8-11)14(19)17(3)4/h5-6,8,10,12,18H,7,9H2,1-4H3,(H,15,16). The third-order valence-corrected chi connectivity index (χ3v) is 2.73. The second-order valence-electron chi connectivity index (χ2n) is 5.28. The number of aromatic nitrogens is 1. The summed E-state index contributed by atoms with van der Waals surface area (Å²) in [6, 6.07) is 3.51. The Kier molecular flexibility index (Phi) is 5.76. The second kappa shape index (κ2) is 7.09. The van der Waals surface area contributed by atoms with Crippen LogP contribution in [0.2, 0.25) is 0 Å². The second-order valence-corrected chi connectivity index (χ2v) is 5.28. The molecular weight excluding hydrogens is 242 g/mol. The van der Waals surface area contributed by atoms with E-state index in [9.17, 15) is 9.90 Å². The van der Waals surface area contributed by atoms with E-state index in [1.165, 1.54) is 4.90 Å². The average Bonchev–Trinajstić information content (AvgIpc) is 2.36. The van der Waals surface area contributed by atoms with Crippen molar-refractivity contribution >= 4 is 11.6 Å². The summed E-state index contributed by atoms with van der Waals surface area (Å²) in [4.78, 5) is 17.4. The third kappa shape index (κ3) is 4.87. The van der Waals surface area contributed by atoms with Crippen LogP contribution in [0.3, 0.4) is 0 Å². The quantitative estimate of drug-likeness (QED) is 0.820. The molecule has 1 aromatic rings. The van der Waals surface area contributed by atoms with Gasteiger partial charge in [-0.3, -0.25) is 9.78 Å². The number of hydrogen-bond acceptors (Lipinski definition) is 4. The molecule has 2 N–H and O–H groups in total. The summed E-state index contributed by atoms with van der Waals surface area (Å²) >= 11 is 0. The van der Waals surface area contributed by atoms with Gasteiger partial charge in [-0.1, -0.05) is 13.8 Å². The fourth-order valence-corrected chi connectivity index (χ4v) is 1.85. The molecule has 5 nitrogen and oxygen atoms in total. The summed E-state index contributed by atoms with van der Waals surface area (Å²) in [6.45, 7) is 4.28. The van der Waals surface area contributed by atoms with Crippen LogP contribution in [-0.4, -0.2) is 47.6 Å². The van der Waals surface area contributed by atoms with Crippen molar-refractivity contribution in [1.82, 2.24) is 9.88 Å². The minimum atomic E-state index is -0.131. The van der Waals surface area contributed by atoms with E-state index in [1.54, 1.807) is 32.4 Å². The van der Waals surface area contributed by atoms with Crippen molar-refractivity contribution < 1.29 is 9.90 Å². The van der Waals surface area contributed by atoms with Crippen molar-refractivity contribution in [2.75, 3.05) is 26.0 Å². The first-order valence-electron chi connectivity index (χ1n) is 6.49. The monoisotopic (exact) mass is 265 g/mol. The summed E-state index contributed by atoms with van der Waals surface area (Å²) in [5, 5.41) is 12.6. The van der Waals surface area contributed by atoms with Gasteiger partial charge in [0.15, 0.2) is 0 Å². The largest absolute Gasteiger partial charge is 0.394 e. The van der Waals surface area contributed by atoms with Gasteiger partial charge in [0, 0.05) is 32.0 Å². The van der Waals surface area contributed by atoms with Gasteiger partial charge in [0.2, 0.25) is 0 Å². The Morgan fingerprint density at radius 1 is 1.47 bits per heavy atom. The number of rotatable bonds is 6. The van der Waals surface area contributed by atoms with Gasteiger partial charge in [-0.15, -0.1) is 0 Å². The maximum atomic E-state index is 11.8. The molecule has 1 rings (SSSR count). The number of pyridine rings is 1. The maximum absolute atomic E-state index is 11.8. The van der Waals surface area contributed by atoms with Crippen molar-refractivity contribution in [3.05, 3.63) is 24.0 Å². The molecule has 1 heterocycles. The zero-order valence-electron chi connectivity index (χ0n) is 12.1. The molecule has 1 aromatic heterocycles. The molecule has 0 saturated heterocycles. The van der Waals surface area contributed by atoms with E-state index in [-0.39, 0.29) is 18.6 Å². The van der Waals surface area contributed by atoms with Crippen molar-refractivity contribution in [2.45, 2.75) is 26.3 Å². The van der Waals surface area contributed by atoms with Crippen molar-refractivity contribution in [3.63, 3.8) is 0 Å². The Labute approximate surface area is 114 Å². The lowest BCUT2D eigenvalue weighted by Gasteiger charge is -2.20. The highest BCUT2D eigenvalue weighted by Gasteiger charge is 2.13. The number of hydrogen-bond donors (Lipinski definition) is 2. The molecule has 106 valence electrons. The highest BCUT2D eigenvalue weighted by molar-refractivity contribution is 5.92. The van der Waals surface area contributed by atoms with Crippen LogP contribution in [0.25, 0.3) is 0 Å². The molecule has 0 fully saturated rings. The first-order chi connectivity index (χ1) is 8.93. The van der Waals surface area contributed by atoms with Crippen LogP contribution in [0.4, 0.5) is 5.69 Å². The minimum Gasteiger partial charge on any atom is -0.394 e. The highest BCUT2D eigenvalue weighted by Crippen LogP contribution is 2.14. The first-order valence-corrected chi connectivity index (χ1v) is 6.49. The Morgan fingerprint density at radius 3 is 2.68 bits per heavy atom. The lowest BCUT2D eigenvalue weighted by molar-refractivity contribution is 0.0822. The van der Waals surface area contributed by atoms with Crippen LogP contribution in [0.15, 0.2) is 18.3 Å². The van der Waals surface area contributed by atoms with E-state index in [4.69, 9.17) is 0 Å². The number of carbonyl (C=O) groups is 1. The van der Waals surface area contributed by atoms with Crippen molar-refractivity contribution in [2.24, 2.45) is 5.92 Å². The molecule has 0 aliphatic heterocycles. The van der Waals surface area contributed by atoms with Gasteiger partial charge < -0.3 is 15.3 Å². The fourth-order valence-electron chi connectivity index (χ4n) is 1.85. The summed E-state index contributed by atoms with van der Waals surface area (Å²) in [5.74, 6) is 0.363. The zero-order valence-corrected chi connectivity index (χ0v) is 12.1. The van der Waals surface area contributed by atoms with Crippen molar-refractivity contribution in [1.29, 1.82) is 0 Å². The smallest absolute Gasteiger partial charge is 0.272 e. The number of nitrogens with zero attached hydrogens (tertiary/aromatic N) is 2. The van der Waals surface area contributed by atoms with Crippen LogP contribution in [0, 0.1) is 5.92 Å². The van der Waals surface area contributed by atoms with Crippen LogP contribution in [0.1, 0.15) is 30.8 Å². The Bertz CT molecular complexity index is 419. The van der Waals surface area contributed by atoms with Crippen molar-refractivity contribution in [3.8, 4) is 0 Å². The molecule has 1 amide bonds. The molecule has 1 unspecified atom stereocenters. The predicted molar refractivity (Wildman–Crippen MR) is 76.2 cm³/mol. The number of amides is 1. The van der Waals surface area contributed by atoms with Gasteiger partial charge in [0.25, 0.3) is 5.91 Å². The molecule has 0 radical (unpaired) electrons. The molecule has 0 aliphatic carbocycles. The van der Waals surface area contributed by atoms with E-state index in [0.717, 1.165) is 12.1 Å². The highest BCUT2D eigenvalue weighted by atomic mass is 16.3. The summed E-state index contributed by atoms with van der Waals surface area (Å²) < 4.78 is 0. The predicted octanol–water partition coefficient (Wildman–Crippen LogP) is 1.60. The molecule has 1 atom stereocenters. The normalized spacial score (nSPS) is 12.3. The minimum absolute atomic E-state index is 0.00953. The number of aliphatic hydroxyl groups excluding tert-OH is 1. The molecule has 0 saturated carbocycles.